The van der Waals surface area contributed by atoms with E-state index in [9.17, 15) is 9.59 Å². The Morgan fingerprint density at radius 2 is 1.89 bits per heavy atom. The topological polar surface area (TPSA) is 75.2 Å². The molecule has 148 valence electrons. The maximum Gasteiger partial charge on any atom is 0.276 e. The Balaban J connectivity index is 1.84. The fourth-order valence-corrected chi connectivity index (χ4v) is 4.09. The maximum atomic E-state index is 13.1. The van der Waals surface area contributed by atoms with Crippen molar-refractivity contribution in [3.8, 4) is 0 Å². The number of aromatic nitrogens is 2. The molecule has 1 aliphatic heterocycles. The summed E-state index contributed by atoms with van der Waals surface area (Å²) in [5.74, 6) is 0.370. The van der Waals surface area contributed by atoms with Gasteiger partial charge in [-0.25, -0.2) is 9.97 Å². The average Bonchev–Trinajstić information content (AvgIpc) is 2.67. The standard InChI is InChI=1S/C20H23ClN4O2S/c1-12-8-13(2)11-25(10-12)19(27)14-6-4-5-7-16(14)23-18(26)17-15(21)9-22-20(24-17)28-3/h4-7,9,12-13H,8,10-11H2,1-3H3,(H,23,26)/t12-,13+. The number of amides is 2. The summed E-state index contributed by atoms with van der Waals surface area (Å²) in [4.78, 5) is 36.0. The smallest absolute Gasteiger partial charge is 0.276 e. The van der Waals surface area contributed by atoms with Gasteiger partial charge in [-0.15, -0.1) is 0 Å². The molecule has 1 fully saturated rings. The second-order valence-corrected chi connectivity index (χ2v) is 8.39. The maximum absolute atomic E-state index is 13.1. The molecule has 1 aliphatic rings. The zero-order valence-corrected chi connectivity index (χ0v) is 17.7. The zero-order chi connectivity index (χ0) is 20.3. The van der Waals surface area contributed by atoms with E-state index in [-0.39, 0.29) is 16.6 Å². The number of carbonyl (C=O) groups is 2. The zero-order valence-electron chi connectivity index (χ0n) is 16.1. The predicted octanol–water partition coefficient (Wildman–Crippen LogP) is 4.22. The fourth-order valence-electron chi connectivity index (χ4n) is 3.57. The van der Waals surface area contributed by atoms with Crippen LogP contribution in [0.15, 0.2) is 35.6 Å². The molecule has 0 spiro atoms. The van der Waals surface area contributed by atoms with Gasteiger partial charge in [-0.3, -0.25) is 9.59 Å². The van der Waals surface area contributed by atoms with Crippen LogP contribution in [0, 0.1) is 11.8 Å². The lowest BCUT2D eigenvalue weighted by molar-refractivity contribution is 0.0624. The first-order valence-corrected chi connectivity index (χ1v) is 10.8. The van der Waals surface area contributed by atoms with E-state index in [4.69, 9.17) is 11.6 Å². The number of hydrogen-bond donors (Lipinski definition) is 1. The lowest BCUT2D eigenvalue weighted by atomic mass is 9.91. The van der Waals surface area contributed by atoms with Crippen LogP contribution in [0.3, 0.4) is 0 Å². The molecule has 8 heteroatoms. The van der Waals surface area contributed by atoms with E-state index in [0.29, 0.717) is 28.2 Å². The minimum atomic E-state index is -0.469. The highest BCUT2D eigenvalue weighted by Crippen LogP contribution is 2.26. The van der Waals surface area contributed by atoms with Crippen LogP contribution in [0.4, 0.5) is 5.69 Å². The summed E-state index contributed by atoms with van der Waals surface area (Å²) in [5.41, 5.74) is 1.000. The van der Waals surface area contributed by atoms with E-state index >= 15 is 0 Å². The van der Waals surface area contributed by atoms with E-state index in [1.165, 1.54) is 18.0 Å². The second kappa shape index (κ2) is 8.92. The number of nitrogens with one attached hydrogen (secondary N) is 1. The van der Waals surface area contributed by atoms with Crippen molar-refractivity contribution in [2.24, 2.45) is 11.8 Å². The third-order valence-corrected chi connectivity index (χ3v) is 5.52. The lowest BCUT2D eigenvalue weighted by Crippen LogP contribution is -2.42. The van der Waals surface area contributed by atoms with Crippen LogP contribution in [-0.2, 0) is 0 Å². The number of carbonyl (C=O) groups excluding carboxylic acids is 2. The van der Waals surface area contributed by atoms with Gasteiger partial charge in [0.05, 0.1) is 22.5 Å². The first-order valence-electron chi connectivity index (χ1n) is 9.15. The van der Waals surface area contributed by atoms with E-state index in [0.717, 1.165) is 19.5 Å². The highest BCUT2D eigenvalue weighted by Gasteiger charge is 2.27. The lowest BCUT2D eigenvalue weighted by Gasteiger charge is -2.35. The number of para-hydroxylation sites is 1. The normalized spacial score (nSPS) is 19.4. The van der Waals surface area contributed by atoms with Gasteiger partial charge in [0, 0.05) is 13.1 Å². The minimum Gasteiger partial charge on any atom is -0.338 e. The average molecular weight is 419 g/mol. The van der Waals surface area contributed by atoms with Gasteiger partial charge < -0.3 is 10.2 Å². The number of nitrogens with zero attached hydrogens (tertiary/aromatic N) is 3. The molecule has 28 heavy (non-hydrogen) atoms. The van der Waals surface area contributed by atoms with Gasteiger partial charge >= 0.3 is 0 Å². The summed E-state index contributed by atoms with van der Waals surface area (Å²) < 4.78 is 0. The predicted molar refractivity (Wildman–Crippen MR) is 112 cm³/mol. The highest BCUT2D eigenvalue weighted by atomic mass is 35.5. The molecule has 2 heterocycles. The molecule has 1 saturated heterocycles. The third-order valence-electron chi connectivity index (χ3n) is 4.68. The molecule has 2 amide bonds. The van der Waals surface area contributed by atoms with Crippen LogP contribution in [0.5, 0.6) is 0 Å². The Morgan fingerprint density at radius 3 is 2.57 bits per heavy atom. The van der Waals surface area contributed by atoms with E-state index < -0.39 is 5.91 Å². The molecule has 2 aromatic rings. The SMILES string of the molecule is CSc1ncc(Cl)c(C(=O)Nc2ccccc2C(=O)N2C[C@H](C)C[C@H](C)C2)n1. The third kappa shape index (κ3) is 4.64. The molecular formula is C20H23ClN4O2S. The molecule has 6 nitrogen and oxygen atoms in total. The summed E-state index contributed by atoms with van der Waals surface area (Å²) in [6.07, 6.45) is 4.34. The Hall–Kier alpha value is -2.12. The van der Waals surface area contributed by atoms with Gasteiger partial charge in [0.2, 0.25) is 0 Å². The summed E-state index contributed by atoms with van der Waals surface area (Å²) in [6.45, 7) is 5.76. The van der Waals surface area contributed by atoms with Crippen molar-refractivity contribution in [3.63, 3.8) is 0 Å². The largest absolute Gasteiger partial charge is 0.338 e. The molecule has 0 bridgehead atoms. The molecule has 0 saturated carbocycles. The highest BCUT2D eigenvalue weighted by molar-refractivity contribution is 7.98. The van der Waals surface area contributed by atoms with Crippen LogP contribution in [0.25, 0.3) is 0 Å². The first-order chi connectivity index (χ1) is 13.4. The first kappa shape index (κ1) is 20.6. The Labute approximate surface area is 174 Å². The molecule has 0 unspecified atom stereocenters. The van der Waals surface area contributed by atoms with Gasteiger partial charge in [-0.05, 0) is 36.6 Å². The number of piperidine rings is 1. The van der Waals surface area contributed by atoms with E-state index in [1.54, 1.807) is 24.3 Å². The number of thioether (sulfide) groups is 1. The van der Waals surface area contributed by atoms with Crippen molar-refractivity contribution in [2.75, 3.05) is 24.7 Å². The number of anilines is 1. The van der Waals surface area contributed by atoms with Gasteiger partial charge in [-0.1, -0.05) is 49.3 Å². The monoisotopic (exact) mass is 418 g/mol. The minimum absolute atomic E-state index is 0.0760. The quantitative estimate of drug-likeness (QED) is 0.594. The van der Waals surface area contributed by atoms with E-state index in [1.807, 2.05) is 11.2 Å². The van der Waals surface area contributed by atoms with Crippen LogP contribution < -0.4 is 5.32 Å². The molecule has 1 N–H and O–H groups in total. The molecular weight excluding hydrogens is 396 g/mol. The van der Waals surface area contributed by atoms with Gasteiger partial charge in [0.1, 0.15) is 0 Å². The van der Waals surface area contributed by atoms with Gasteiger partial charge in [-0.2, -0.15) is 0 Å². The Bertz CT molecular complexity index is 882. The molecule has 0 aliphatic carbocycles. The van der Waals surface area contributed by atoms with Crippen molar-refractivity contribution in [2.45, 2.75) is 25.4 Å². The molecule has 2 atom stereocenters. The second-order valence-electron chi connectivity index (χ2n) is 7.21. The van der Waals surface area contributed by atoms with Crippen LogP contribution in [0.1, 0.15) is 41.1 Å². The number of hydrogen-bond acceptors (Lipinski definition) is 5. The summed E-state index contributed by atoms with van der Waals surface area (Å²) >= 11 is 7.42. The summed E-state index contributed by atoms with van der Waals surface area (Å²) in [5, 5.41) is 3.41. The van der Waals surface area contributed by atoms with Gasteiger partial charge in [0.15, 0.2) is 10.9 Å². The van der Waals surface area contributed by atoms with Gasteiger partial charge in [0.25, 0.3) is 11.8 Å². The number of halogens is 1. The van der Waals surface area contributed by atoms with Crippen LogP contribution >= 0.6 is 23.4 Å². The van der Waals surface area contributed by atoms with Crippen molar-refractivity contribution >= 4 is 40.9 Å². The van der Waals surface area contributed by atoms with Crippen LogP contribution in [0.2, 0.25) is 5.02 Å². The Morgan fingerprint density at radius 1 is 1.21 bits per heavy atom. The number of likely N-dealkylation sites (tertiary alicyclic amines) is 1. The summed E-state index contributed by atoms with van der Waals surface area (Å²) in [7, 11) is 0. The number of rotatable bonds is 4. The van der Waals surface area contributed by atoms with Crippen molar-refractivity contribution in [1.29, 1.82) is 0 Å². The fraction of sp³-hybridized carbons (Fsp3) is 0.400. The molecule has 0 radical (unpaired) electrons. The van der Waals surface area contributed by atoms with Crippen molar-refractivity contribution in [3.05, 3.63) is 46.7 Å². The van der Waals surface area contributed by atoms with Crippen molar-refractivity contribution in [1.82, 2.24) is 14.9 Å². The number of benzene rings is 1. The molecule has 1 aromatic carbocycles. The van der Waals surface area contributed by atoms with Crippen LogP contribution in [-0.4, -0.2) is 46.0 Å². The van der Waals surface area contributed by atoms with Crippen molar-refractivity contribution < 1.29 is 9.59 Å². The Kier molecular flexibility index (Phi) is 6.57. The molecule has 1 aromatic heterocycles. The summed E-state index contributed by atoms with van der Waals surface area (Å²) in [6, 6.07) is 7.02. The molecule has 3 rings (SSSR count). The van der Waals surface area contributed by atoms with E-state index in [2.05, 4.69) is 29.1 Å².